The molecular formula is C10H22N2O2S2. The fraction of sp³-hybridized carbons (Fsp3) is 0.900. The number of ether oxygens (including phenoxy) is 1. The molecule has 0 fully saturated rings. The van der Waals surface area contributed by atoms with Crippen molar-refractivity contribution >= 4 is 28.1 Å². The van der Waals surface area contributed by atoms with E-state index in [0.29, 0.717) is 11.7 Å². The minimum atomic E-state index is -0.762. The molecule has 0 spiro atoms. The van der Waals surface area contributed by atoms with Crippen LogP contribution in [0, 0.1) is 0 Å². The number of thiocarbonyl (C=S) groups is 1. The Hall–Kier alpha value is -0.200. The Morgan fingerprint density at radius 2 is 2.12 bits per heavy atom. The van der Waals surface area contributed by atoms with Crippen LogP contribution in [-0.2, 0) is 15.5 Å². The van der Waals surface area contributed by atoms with E-state index in [-0.39, 0.29) is 11.3 Å². The molecule has 0 aliphatic rings. The summed E-state index contributed by atoms with van der Waals surface area (Å²) in [6.07, 6.45) is 2.57. The lowest BCUT2D eigenvalue weighted by atomic mass is 10.3. The quantitative estimate of drug-likeness (QED) is 0.663. The molecule has 4 nitrogen and oxygen atoms in total. The van der Waals surface area contributed by atoms with E-state index in [0.717, 1.165) is 13.0 Å². The van der Waals surface area contributed by atoms with Gasteiger partial charge in [0.15, 0.2) is 5.11 Å². The molecule has 0 aliphatic carbocycles. The van der Waals surface area contributed by atoms with Crippen molar-refractivity contribution in [1.82, 2.24) is 10.6 Å². The SMILES string of the molecule is COCC(C)NC(=S)NCCC(C)S(C)=O. The Kier molecular flexibility index (Phi) is 8.78. The van der Waals surface area contributed by atoms with E-state index >= 15 is 0 Å². The molecule has 0 aromatic heterocycles. The van der Waals surface area contributed by atoms with Crippen molar-refractivity contribution in [2.24, 2.45) is 0 Å². The van der Waals surface area contributed by atoms with Crippen LogP contribution in [-0.4, -0.2) is 47.1 Å². The van der Waals surface area contributed by atoms with Crippen LogP contribution in [0.4, 0.5) is 0 Å². The first kappa shape index (κ1) is 15.8. The second-order valence-electron chi connectivity index (χ2n) is 3.85. The van der Waals surface area contributed by atoms with Crippen LogP contribution in [0.5, 0.6) is 0 Å². The molecule has 0 aliphatic heterocycles. The average molecular weight is 266 g/mol. The van der Waals surface area contributed by atoms with Gasteiger partial charge in [0.2, 0.25) is 0 Å². The molecule has 0 aromatic carbocycles. The highest BCUT2D eigenvalue weighted by molar-refractivity contribution is 7.84. The minimum absolute atomic E-state index is 0.197. The van der Waals surface area contributed by atoms with Crippen molar-refractivity contribution in [2.45, 2.75) is 31.6 Å². The Morgan fingerprint density at radius 3 is 2.62 bits per heavy atom. The van der Waals surface area contributed by atoms with Crippen molar-refractivity contribution in [2.75, 3.05) is 26.5 Å². The molecule has 2 N–H and O–H groups in total. The molecular weight excluding hydrogens is 244 g/mol. The fourth-order valence-corrected chi connectivity index (χ4v) is 1.87. The number of nitrogens with one attached hydrogen (secondary N) is 2. The zero-order valence-corrected chi connectivity index (χ0v) is 12.0. The van der Waals surface area contributed by atoms with Crippen LogP contribution < -0.4 is 10.6 Å². The van der Waals surface area contributed by atoms with Gasteiger partial charge in [-0.15, -0.1) is 0 Å². The van der Waals surface area contributed by atoms with Crippen molar-refractivity contribution < 1.29 is 8.95 Å². The summed E-state index contributed by atoms with van der Waals surface area (Å²) in [6.45, 7) is 5.34. The topological polar surface area (TPSA) is 50.4 Å². The van der Waals surface area contributed by atoms with Gasteiger partial charge in [0.25, 0.3) is 0 Å². The van der Waals surface area contributed by atoms with E-state index in [4.69, 9.17) is 17.0 Å². The van der Waals surface area contributed by atoms with Gasteiger partial charge in [-0.3, -0.25) is 4.21 Å². The Balaban J connectivity index is 3.62. The molecule has 3 unspecified atom stereocenters. The summed E-state index contributed by atoms with van der Waals surface area (Å²) in [4.78, 5) is 0. The summed E-state index contributed by atoms with van der Waals surface area (Å²) in [5.41, 5.74) is 0. The number of hydrogen-bond donors (Lipinski definition) is 2. The summed E-state index contributed by atoms with van der Waals surface area (Å²) in [5, 5.41) is 7.02. The van der Waals surface area contributed by atoms with Crippen LogP contribution >= 0.6 is 12.2 Å². The van der Waals surface area contributed by atoms with Crippen LogP contribution in [0.25, 0.3) is 0 Å². The lowest BCUT2D eigenvalue weighted by Crippen LogP contribution is -2.43. The first-order valence-electron chi connectivity index (χ1n) is 5.33. The molecule has 0 saturated carbocycles. The maximum atomic E-state index is 11.1. The highest BCUT2D eigenvalue weighted by Gasteiger charge is 2.06. The molecule has 0 radical (unpaired) electrons. The van der Waals surface area contributed by atoms with Crippen molar-refractivity contribution in [3.05, 3.63) is 0 Å². The average Bonchev–Trinajstić information content (AvgIpc) is 2.17. The largest absolute Gasteiger partial charge is 0.383 e. The normalized spacial score (nSPS) is 16.2. The predicted octanol–water partition coefficient (Wildman–Crippen LogP) is 0.642. The van der Waals surface area contributed by atoms with Crippen LogP contribution in [0.3, 0.4) is 0 Å². The summed E-state index contributed by atoms with van der Waals surface area (Å²) in [7, 11) is 0.897. The molecule has 0 bridgehead atoms. The van der Waals surface area contributed by atoms with Crippen molar-refractivity contribution in [3.63, 3.8) is 0 Å². The van der Waals surface area contributed by atoms with E-state index in [2.05, 4.69) is 10.6 Å². The third-order valence-electron chi connectivity index (χ3n) is 2.20. The smallest absolute Gasteiger partial charge is 0.166 e. The maximum Gasteiger partial charge on any atom is 0.166 e. The first-order chi connectivity index (χ1) is 7.47. The van der Waals surface area contributed by atoms with Gasteiger partial charge in [0.05, 0.1) is 6.61 Å². The minimum Gasteiger partial charge on any atom is -0.383 e. The summed E-state index contributed by atoms with van der Waals surface area (Å²) in [5.74, 6) is 0. The Bertz CT molecular complexity index is 237. The molecule has 0 rings (SSSR count). The van der Waals surface area contributed by atoms with Gasteiger partial charge in [0.1, 0.15) is 0 Å². The molecule has 0 heterocycles. The lowest BCUT2D eigenvalue weighted by Gasteiger charge is -2.16. The van der Waals surface area contributed by atoms with E-state index in [9.17, 15) is 4.21 Å². The van der Waals surface area contributed by atoms with Gasteiger partial charge in [-0.2, -0.15) is 0 Å². The number of rotatable bonds is 7. The van der Waals surface area contributed by atoms with E-state index in [1.54, 1.807) is 13.4 Å². The van der Waals surface area contributed by atoms with Gasteiger partial charge in [-0.25, -0.2) is 0 Å². The second kappa shape index (κ2) is 8.90. The van der Waals surface area contributed by atoms with Gasteiger partial charge in [-0.1, -0.05) is 6.92 Å². The second-order valence-corrected chi connectivity index (χ2v) is 6.06. The molecule has 0 saturated heterocycles. The van der Waals surface area contributed by atoms with E-state index < -0.39 is 10.8 Å². The summed E-state index contributed by atoms with van der Waals surface area (Å²) < 4.78 is 16.1. The zero-order chi connectivity index (χ0) is 12.6. The molecule has 6 heteroatoms. The lowest BCUT2D eigenvalue weighted by molar-refractivity contribution is 0.179. The standard InChI is InChI=1S/C10H22N2O2S2/c1-8(7-14-3)12-10(15)11-6-5-9(2)16(4)13/h8-9H,5-7H2,1-4H3,(H2,11,12,15). The van der Waals surface area contributed by atoms with Gasteiger partial charge in [-0.05, 0) is 25.6 Å². The van der Waals surface area contributed by atoms with E-state index in [1.807, 2.05) is 13.8 Å². The van der Waals surface area contributed by atoms with Gasteiger partial charge in [0, 0.05) is 42.0 Å². The highest BCUT2D eigenvalue weighted by Crippen LogP contribution is 1.97. The molecule has 0 aromatic rings. The zero-order valence-electron chi connectivity index (χ0n) is 10.4. The summed E-state index contributed by atoms with van der Waals surface area (Å²) in [6, 6.07) is 0.197. The van der Waals surface area contributed by atoms with Gasteiger partial charge < -0.3 is 15.4 Å². The molecule has 16 heavy (non-hydrogen) atoms. The van der Waals surface area contributed by atoms with Crippen molar-refractivity contribution in [3.8, 4) is 0 Å². The third-order valence-corrected chi connectivity index (χ3v) is 3.83. The molecule has 0 amide bonds. The number of hydrogen-bond acceptors (Lipinski definition) is 3. The summed E-state index contributed by atoms with van der Waals surface area (Å²) >= 11 is 5.11. The van der Waals surface area contributed by atoms with E-state index in [1.165, 1.54) is 0 Å². The highest BCUT2D eigenvalue weighted by atomic mass is 32.2. The molecule has 3 atom stereocenters. The number of methoxy groups -OCH3 is 1. The fourth-order valence-electron chi connectivity index (χ4n) is 1.12. The Morgan fingerprint density at radius 1 is 1.50 bits per heavy atom. The molecule has 96 valence electrons. The third kappa shape index (κ3) is 8.01. The first-order valence-corrected chi connectivity index (χ1v) is 7.35. The Labute approximate surface area is 106 Å². The maximum absolute atomic E-state index is 11.1. The van der Waals surface area contributed by atoms with Crippen molar-refractivity contribution in [1.29, 1.82) is 0 Å². The van der Waals surface area contributed by atoms with Crippen LogP contribution in [0.1, 0.15) is 20.3 Å². The van der Waals surface area contributed by atoms with Crippen LogP contribution in [0.15, 0.2) is 0 Å². The predicted molar refractivity (Wildman–Crippen MR) is 73.2 cm³/mol. The van der Waals surface area contributed by atoms with Gasteiger partial charge >= 0.3 is 0 Å². The monoisotopic (exact) mass is 266 g/mol. The van der Waals surface area contributed by atoms with Crippen LogP contribution in [0.2, 0.25) is 0 Å².